The van der Waals surface area contributed by atoms with Crippen LogP contribution in [0, 0.1) is 5.92 Å². The summed E-state index contributed by atoms with van der Waals surface area (Å²) in [7, 11) is -1.91. The fourth-order valence-corrected chi connectivity index (χ4v) is 6.05. The first-order valence-corrected chi connectivity index (χ1v) is 13.3. The third kappa shape index (κ3) is 5.57. The molecule has 5 heteroatoms. The van der Waals surface area contributed by atoms with Gasteiger partial charge in [0.25, 0.3) is 0 Å². The van der Waals surface area contributed by atoms with Gasteiger partial charge in [0.05, 0.1) is 12.9 Å². The average Bonchev–Trinajstić information content (AvgIpc) is 2.68. The Morgan fingerprint density at radius 1 is 1.21 bits per heavy atom. The van der Waals surface area contributed by atoms with E-state index in [0.717, 1.165) is 23.1 Å². The number of benzene rings is 1. The van der Waals surface area contributed by atoms with E-state index in [1.54, 1.807) is 0 Å². The normalized spacial score (nSPS) is 28.1. The van der Waals surface area contributed by atoms with Crippen molar-refractivity contribution in [2.24, 2.45) is 15.9 Å². The van der Waals surface area contributed by atoms with Crippen LogP contribution in [0.1, 0.15) is 56.6 Å². The van der Waals surface area contributed by atoms with Crippen LogP contribution in [0.3, 0.4) is 0 Å². The van der Waals surface area contributed by atoms with Gasteiger partial charge in [-0.3, -0.25) is 0 Å². The molecule has 1 heterocycles. The highest BCUT2D eigenvalue weighted by Crippen LogP contribution is 2.44. The Morgan fingerprint density at radius 3 is 2.41 bits per heavy atom. The zero-order valence-corrected chi connectivity index (χ0v) is 19.0. The molecule has 1 fully saturated rings. The summed E-state index contributed by atoms with van der Waals surface area (Å²) < 4.78 is 18.1. The van der Waals surface area contributed by atoms with Crippen molar-refractivity contribution in [1.29, 1.82) is 0 Å². The predicted molar refractivity (Wildman–Crippen MR) is 124 cm³/mol. The van der Waals surface area contributed by atoms with Crippen LogP contribution in [0.25, 0.3) is 0 Å². The zero-order chi connectivity index (χ0) is 21.0. The van der Waals surface area contributed by atoms with Crippen LogP contribution in [-0.4, -0.2) is 37.2 Å². The van der Waals surface area contributed by atoms with Gasteiger partial charge in [-0.15, -0.1) is 0 Å². The van der Waals surface area contributed by atoms with Crippen LogP contribution in [-0.2, 0) is 9.30 Å². The molecule has 1 atom stereocenters. The molecule has 1 unspecified atom stereocenters. The third-order valence-corrected chi connectivity index (χ3v) is 7.23. The highest BCUT2D eigenvalue weighted by molar-refractivity contribution is 7.62. The average molecular weight is 413 g/mol. The van der Waals surface area contributed by atoms with E-state index in [2.05, 4.69) is 35.8 Å². The van der Waals surface area contributed by atoms with E-state index >= 15 is 0 Å². The lowest BCUT2D eigenvalue weighted by molar-refractivity contribution is 0.268. The Morgan fingerprint density at radius 2 is 1.86 bits per heavy atom. The molecule has 0 saturated heterocycles. The van der Waals surface area contributed by atoms with Gasteiger partial charge < -0.3 is 9.30 Å². The second kappa shape index (κ2) is 9.26. The smallest absolute Gasteiger partial charge is 0.240 e. The van der Waals surface area contributed by atoms with Crippen LogP contribution in [0.2, 0.25) is 0 Å². The van der Waals surface area contributed by atoms with Crippen LogP contribution in [0.15, 0.2) is 58.8 Å². The summed E-state index contributed by atoms with van der Waals surface area (Å²) in [5.41, 5.74) is 4.15. The van der Waals surface area contributed by atoms with Gasteiger partial charge in [0, 0.05) is 12.4 Å². The second-order valence-electron chi connectivity index (χ2n) is 8.64. The van der Waals surface area contributed by atoms with Gasteiger partial charge in [0.2, 0.25) is 5.90 Å². The third-order valence-electron chi connectivity index (χ3n) is 5.84. The Kier molecular flexibility index (Phi) is 6.95. The Balaban J connectivity index is 1.70. The largest absolute Gasteiger partial charge is 0.467 e. The summed E-state index contributed by atoms with van der Waals surface area (Å²) in [6.45, 7) is 11.4. The molecule has 156 valence electrons. The molecule has 0 N–H and O–H groups in total. The van der Waals surface area contributed by atoms with E-state index in [-0.39, 0.29) is 6.10 Å². The van der Waals surface area contributed by atoms with Crippen molar-refractivity contribution in [1.82, 2.24) is 0 Å². The minimum atomic E-state index is -1.91. The van der Waals surface area contributed by atoms with Crippen molar-refractivity contribution in [2.45, 2.75) is 51.6 Å². The molecule has 4 nitrogen and oxygen atoms in total. The quantitative estimate of drug-likeness (QED) is 0.538. The standard InChI is InChI=1S/C24H33N2O2P/c1-6-22-24(25-7-2)28-17(3)23(26-22)21-14-12-20(13-15-21)19-10-8-18(9-11-19)16-29(4,5)27/h6-7,12-15,17-19H,2,8-11,16H2,1,3-5H3/b22-6+,25-24+/t17?,18-,19-. The fraction of sp³-hybridized carbons (Fsp3) is 0.500. The molecule has 0 spiro atoms. The lowest BCUT2D eigenvalue weighted by Gasteiger charge is -2.30. The molecule has 0 aromatic heterocycles. The lowest BCUT2D eigenvalue weighted by Crippen LogP contribution is -2.31. The minimum absolute atomic E-state index is 0.155. The van der Waals surface area contributed by atoms with Crippen LogP contribution in [0.5, 0.6) is 0 Å². The number of rotatable bonds is 5. The molecule has 2 aliphatic rings. The van der Waals surface area contributed by atoms with E-state index in [0.29, 0.717) is 17.7 Å². The molecule has 29 heavy (non-hydrogen) atoms. The van der Waals surface area contributed by atoms with Gasteiger partial charge in [-0.05, 0) is 75.8 Å². The van der Waals surface area contributed by atoms with Gasteiger partial charge in [0.15, 0.2) is 0 Å². The summed E-state index contributed by atoms with van der Waals surface area (Å²) >= 11 is 0. The van der Waals surface area contributed by atoms with E-state index in [4.69, 9.17) is 9.73 Å². The molecule has 1 aromatic rings. The Hall–Kier alpha value is -1.93. The summed E-state index contributed by atoms with van der Waals surface area (Å²) in [5.74, 6) is 1.76. The highest BCUT2D eigenvalue weighted by Gasteiger charge is 2.27. The summed E-state index contributed by atoms with van der Waals surface area (Å²) in [6, 6.07) is 8.80. The fourth-order valence-electron chi connectivity index (χ4n) is 4.45. The van der Waals surface area contributed by atoms with Crippen molar-refractivity contribution < 1.29 is 9.30 Å². The van der Waals surface area contributed by atoms with E-state index < -0.39 is 7.14 Å². The highest BCUT2D eigenvalue weighted by atomic mass is 31.2. The summed E-state index contributed by atoms with van der Waals surface area (Å²) in [4.78, 5) is 8.97. The van der Waals surface area contributed by atoms with Crippen molar-refractivity contribution in [3.63, 3.8) is 0 Å². The molecule has 1 aromatic carbocycles. The van der Waals surface area contributed by atoms with Gasteiger partial charge in [-0.2, -0.15) is 0 Å². The number of ether oxygens (including phenoxy) is 1. The van der Waals surface area contributed by atoms with Crippen molar-refractivity contribution >= 4 is 18.8 Å². The molecule has 1 saturated carbocycles. The Labute approximate surface area is 175 Å². The maximum Gasteiger partial charge on any atom is 0.240 e. The zero-order valence-electron chi connectivity index (χ0n) is 18.1. The van der Waals surface area contributed by atoms with Crippen molar-refractivity contribution in [2.75, 3.05) is 19.5 Å². The molecule has 0 amide bonds. The van der Waals surface area contributed by atoms with E-state index in [1.165, 1.54) is 37.4 Å². The molecular weight excluding hydrogens is 379 g/mol. The summed E-state index contributed by atoms with van der Waals surface area (Å²) in [5, 5.41) is 0. The molecule has 1 aliphatic heterocycles. The molecule has 0 bridgehead atoms. The monoisotopic (exact) mass is 412 g/mol. The van der Waals surface area contributed by atoms with Crippen LogP contribution < -0.4 is 0 Å². The van der Waals surface area contributed by atoms with Crippen LogP contribution in [0.4, 0.5) is 0 Å². The maximum absolute atomic E-state index is 12.1. The number of hydrogen-bond donors (Lipinski definition) is 0. The summed E-state index contributed by atoms with van der Waals surface area (Å²) in [6.07, 6.45) is 8.89. The number of aliphatic imine (C=N–C) groups is 2. The molecule has 3 rings (SSSR count). The predicted octanol–water partition coefficient (Wildman–Crippen LogP) is 6.24. The van der Waals surface area contributed by atoms with Gasteiger partial charge in [0.1, 0.15) is 11.8 Å². The lowest BCUT2D eigenvalue weighted by atomic mass is 9.79. The number of nitrogens with zero attached hydrogens (tertiary/aromatic N) is 2. The van der Waals surface area contributed by atoms with E-state index in [1.807, 2.05) is 33.3 Å². The molecule has 0 radical (unpaired) electrons. The first kappa shape index (κ1) is 21.8. The maximum atomic E-state index is 12.1. The van der Waals surface area contributed by atoms with Gasteiger partial charge in [-0.1, -0.05) is 36.9 Å². The number of allylic oxidation sites excluding steroid dienone is 1. The minimum Gasteiger partial charge on any atom is -0.467 e. The second-order valence-corrected chi connectivity index (χ2v) is 12.2. The van der Waals surface area contributed by atoms with Gasteiger partial charge >= 0.3 is 0 Å². The molecular formula is C24H33N2O2P. The topological polar surface area (TPSA) is 51.0 Å². The van der Waals surface area contributed by atoms with Crippen molar-refractivity contribution in [3.05, 3.63) is 59.9 Å². The van der Waals surface area contributed by atoms with Crippen LogP contribution >= 0.6 is 7.14 Å². The number of hydrogen-bond acceptors (Lipinski definition) is 4. The van der Waals surface area contributed by atoms with E-state index in [9.17, 15) is 4.57 Å². The first-order valence-electron chi connectivity index (χ1n) is 10.6. The first-order chi connectivity index (χ1) is 13.8. The Bertz CT molecular complexity index is 869. The van der Waals surface area contributed by atoms with Gasteiger partial charge in [-0.25, -0.2) is 9.98 Å². The molecule has 1 aliphatic carbocycles. The SMILES string of the molecule is C=C/N=C1/OC(C)C(c2ccc([C@H]3CC[C@H](CP(C)(C)=O)CC3)cc2)=N/C1=C/C. The van der Waals surface area contributed by atoms with Crippen molar-refractivity contribution in [3.8, 4) is 0 Å².